The molecule has 0 saturated carbocycles. The average Bonchev–Trinajstić information content (AvgIpc) is 0. The molecular formula is HILi2O. The van der Waals surface area contributed by atoms with Crippen LogP contribution in [0.1, 0.15) is 0 Å². The normalized spacial score (nSPS) is 0. The average molecular weight is 158 g/mol. The van der Waals surface area contributed by atoms with Gasteiger partial charge in [-0.15, -0.1) is 24.0 Å². The minimum atomic E-state index is 0. The summed E-state index contributed by atoms with van der Waals surface area (Å²) >= 11 is 0. The molecule has 0 unspecified atom stereocenters. The predicted octanol–water partition coefficient (Wildman–Crippen LogP) is -5.49. The summed E-state index contributed by atoms with van der Waals surface area (Å²) in [6.07, 6.45) is 0. The van der Waals surface area contributed by atoms with E-state index in [-0.39, 0.29) is 67.2 Å². The largest absolute Gasteiger partial charge is 2.00 e. The van der Waals surface area contributed by atoms with E-state index >= 15 is 0 Å². The number of hydrogen-bond donors (Lipinski definition) is 0. The van der Waals surface area contributed by atoms with Gasteiger partial charge in [-0.25, -0.2) is 0 Å². The van der Waals surface area contributed by atoms with Crippen molar-refractivity contribution in [1.82, 2.24) is 0 Å². The number of halogens is 1. The monoisotopic (exact) mass is 158 g/mol. The topological polar surface area (TPSA) is 28.5 Å². The van der Waals surface area contributed by atoms with E-state index in [4.69, 9.17) is 0 Å². The smallest absolute Gasteiger partial charge is 1.00 e. The summed E-state index contributed by atoms with van der Waals surface area (Å²) in [4.78, 5) is 0. The fourth-order valence-corrected chi connectivity index (χ4v) is 0. The van der Waals surface area contributed by atoms with Crippen LogP contribution in [0.4, 0.5) is 0 Å². The van der Waals surface area contributed by atoms with Crippen LogP contribution < -0.4 is 37.7 Å². The van der Waals surface area contributed by atoms with Gasteiger partial charge in [-0.3, -0.25) is 0 Å². The third-order valence-electron chi connectivity index (χ3n) is 0. The van der Waals surface area contributed by atoms with E-state index in [1.165, 1.54) is 0 Å². The second-order valence-corrected chi connectivity index (χ2v) is 0. The zero-order valence-corrected chi connectivity index (χ0v) is 5.15. The fourth-order valence-electron chi connectivity index (χ4n) is 0. The zero-order valence-electron chi connectivity index (χ0n) is 2.82. The van der Waals surface area contributed by atoms with Gasteiger partial charge in [0.05, 0.1) is 0 Å². The third kappa shape index (κ3) is 9.10. The Morgan fingerprint density at radius 2 is 0.750 bits per heavy atom. The molecule has 0 heterocycles. The summed E-state index contributed by atoms with van der Waals surface area (Å²) in [5, 5.41) is 0. The molecule has 4 heteroatoms. The van der Waals surface area contributed by atoms with Gasteiger partial charge in [0, 0.05) is 0 Å². The summed E-state index contributed by atoms with van der Waals surface area (Å²) in [5.74, 6) is 0. The molecule has 0 amide bonds. The van der Waals surface area contributed by atoms with Gasteiger partial charge in [0.25, 0.3) is 0 Å². The summed E-state index contributed by atoms with van der Waals surface area (Å²) in [5.41, 5.74) is 0. The Labute approximate surface area is 66.6 Å². The first-order valence-electron chi connectivity index (χ1n) is 0. The molecule has 0 aliphatic heterocycles. The van der Waals surface area contributed by atoms with Crippen LogP contribution in [0.5, 0.6) is 0 Å². The van der Waals surface area contributed by atoms with Crippen molar-refractivity contribution in [3.8, 4) is 0 Å². The van der Waals surface area contributed by atoms with Crippen LogP contribution in [-0.2, 0) is 5.48 Å². The van der Waals surface area contributed by atoms with Crippen LogP contribution in [0.2, 0.25) is 0 Å². The molecule has 1 nitrogen and oxygen atoms in total. The van der Waals surface area contributed by atoms with Gasteiger partial charge in [0.15, 0.2) is 0 Å². The van der Waals surface area contributed by atoms with E-state index in [2.05, 4.69) is 0 Å². The van der Waals surface area contributed by atoms with Gasteiger partial charge in [-0.2, -0.15) is 0 Å². The summed E-state index contributed by atoms with van der Waals surface area (Å²) in [6.45, 7) is 0. The maximum Gasteiger partial charge on any atom is 1.00 e. The van der Waals surface area contributed by atoms with Crippen LogP contribution in [0, 0.1) is 0 Å². The quantitative estimate of drug-likeness (QED) is 0.248. The van der Waals surface area contributed by atoms with Crippen LogP contribution >= 0.6 is 24.0 Å². The second-order valence-electron chi connectivity index (χ2n) is 0. The molecule has 4 heavy (non-hydrogen) atoms. The van der Waals surface area contributed by atoms with Crippen molar-refractivity contribution in [2.75, 3.05) is 0 Å². The van der Waals surface area contributed by atoms with E-state index in [1.807, 2.05) is 0 Å². The van der Waals surface area contributed by atoms with E-state index < -0.39 is 0 Å². The van der Waals surface area contributed by atoms with Crippen LogP contribution in [-0.4, -0.2) is 0 Å². The molecule has 0 fully saturated rings. The minimum Gasteiger partial charge on any atom is -2.00 e. The first-order chi connectivity index (χ1) is 0. The van der Waals surface area contributed by atoms with Gasteiger partial charge >= 0.3 is 37.7 Å². The van der Waals surface area contributed by atoms with Crippen LogP contribution in [0.25, 0.3) is 0 Å². The van der Waals surface area contributed by atoms with Gasteiger partial charge in [0.2, 0.25) is 0 Å². The Kier molecular flexibility index (Phi) is 205. The van der Waals surface area contributed by atoms with Crippen molar-refractivity contribution in [3.63, 3.8) is 0 Å². The fraction of sp³-hybridized carbons (Fsp3) is 0. The van der Waals surface area contributed by atoms with Crippen LogP contribution in [0.3, 0.4) is 0 Å². The summed E-state index contributed by atoms with van der Waals surface area (Å²) in [7, 11) is 0. The van der Waals surface area contributed by atoms with E-state index in [0.29, 0.717) is 0 Å². The van der Waals surface area contributed by atoms with Gasteiger partial charge < -0.3 is 5.48 Å². The number of hydrogen-bond acceptors (Lipinski definition) is 0. The summed E-state index contributed by atoms with van der Waals surface area (Å²) < 4.78 is 0. The molecule has 0 saturated heterocycles. The van der Waals surface area contributed by atoms with Gasteiger partial charge in [-0.1, -0.05) is 0 Å². The molecule has 0 aromatic heterocycles. The predicted molar refractivity (Wildman–Crippen MR) is 16.1 cm³/mol. The Hall–Kier alpha value is 1.88. The first kappa shape index (κ1) is 39.5. The van der Waals surface area contributed by atoms with E-state index in [0.717, 1.165) is 0 Å². The van der Waals surface area contributed by atoms with Crippen molar-refractivity contribution in [3.05, 3.63) is 0 Å². The number of rotatable bonds is 0. The molecule has 0 aromatic carbocycles. The minimum absolute atomic E-state index is 0. The Morgan fingerprint density at radius 1 is 0.750 bits per heavy atom. The van der Waals surface area contributed by atoms with Crippen molar-refractivity contribution in [1.29, 1.82) is 0 Å². The zero-order chi connectivity index (χ0) is 0. The van der Waals surface area contributed by atoms with Crippen molar-refractivity contribution in [2.45, 2.75) is 0 Å². The third-order valence-corrected chi connectivity index (χ3v) is 0. The van der Waals surface area contributed by atoms with Crippen molar-refractivity contribution >= 4 is 24.0 Å². The molecule has 0 aliphatic rings. The van der Waals surface area contributed by atoms with Gasteiger partial charge in [-0.05, 0) is 0 Å². The Balaban J connectivity index is 0. The molecule has 0 bridgehead atoms. The van der Waals surface area contributed by atoms with Crippen molar-refractivity contribution < 1.29 is 43.2 Å². The molecular weight excluding hydrogens is 157 g/mol. The SMILES string of the molecule is I.[Li+].[Li+].[O-2]. The molecule has 0 atom stereocenters. The molecule has 0 radical (unpaired) electrons. The van der Waals surface area contributed by atoms with Gasteiger partial charge in [0.1, 0.15) is 0 Å². The standard InChI is InChI=1S/HI.2Li.O/h1H;;;/q;2*+1;-2. The first-order valence-corrected chi connectivity index (χ1v) is 0. The second kappa shape index (κ2) is 20.8. The van der Waals surface area contributed by atoms with Crippen molar-refractivity contribution in [2.24, 2.45) is 0 Å². The van der Waals surface area contributed by atoms with E-state index in [9.17, 15) is 0 Å². The molecule has 16 valence electrons. The maximum absolute atomic E-state index is 0. The summed E-state index contributed by atoms with van der Waals surface area (Å²) in [6, 6.07) is 0. The molecule has 0 N–H and O–H groups in total. The maximum atomic E-state index is 0. The Bertz CT molecular complexity index is 6.00. The Morgan fingerprint density at radius 3 is 0.750 bits per heavy atom. The molecule has 0 aliphatic carbocycles. The van der Waals surface area contributed by atoms with E-state index in [1.54, 1.807) is 0 Å². The molecule has 0 spiro atoms. The molecule has 0 aromatic rings. The van der Waals surface area contributed by atoms with Crippen LogP contribution in [0.15, 0.2) is 0 Å². The molecule has 0 rings (SSSR count).